The van der Waals surface area contributed by atoms with E-state index in [-0.39, 0.29) is 37.0 Å². The lowest BCUT2D eigenvalue weighted by atomic mass is 10.0. The lowest BCUT2D eigenvalue weighted by Gasteiger charge is -2.23. The molecule has 4 heterocycles. The molecule has 14 heteroatoms. The highest BCUT2D eigenvalue weighted by molar-refractivity contribution is 5.85. The summed E-state index contributed by atoms with van der Waals surface area (Å²) in [6.07, 6.45) is 3.78. The summed E-state index contributed by atoms with van der Waals surface area (Å²) >= 11 is 0. The molecule has 2 aliphatic heterocycles. The molecular formula is C32H36N8O6. The molecule has 2 aliphatic rings. The van der Waals surface area contributed by atoms with Crippen molar-refractivity contribution < 1.29 is 28.7 Å². The Morgan fingerprint density at radius 1 is 0.783 bits per heavy atom. The van der Waals surface area contributed by atoms with E-state index in [4.69, 9.17) is 4.98 Å². The maximum absolute atomic E-state index is 12.8. The first kappa shape index (κ1) is 30.6. The number of carbonyl (C=O) groups excluding carboxylic acids is 4. The third-order valence-corrected chi connectivity index (χ3v) is 8.54. The summed E-state index contributed by atoms with van der Waals surface area (Å²) in [5.74, 6) is 1.08. The third kappa shape index (κ3) is 6.36. The summed E-state index contributed by atoms with van der Waals surface area (Å²) in [6, 6.07) is 13.8. The number of carbonyl (C=O) groups is 4. The predicted octanol–water partition coefficient (Wildman–Crippen LogP) is 3.66. The number of nitrogens with zero attached hydrogens (tertiary/aromatic N) is 4. The van der Waals surface area contributed by atoms with Crippen LogP contribution in [0.3, 0.4) is 0 Å². The molecule has 2 aromatic carbocycles. The minimum atomic E-state index is -0.640. The number of H-pyrrole nitrogens is 2. The Balaban J connectivity index is 1.13. The Hall–Kier alpha value is -5.40. The maximum Gasteiger partial charge on any atom is 0.407 e. The fourth-order valence-electron chi connectivity index (χ4n) is 6.20. The zero-order valence-electron chi connectivity index (χ0n) is 25.7. The van der Waals surface area contributed by atoms with Crippen molar-refractivity contribution in [2.45, 2.75) is 37.8 Å². The van der Waals surface area contributed by atoms with Gasteiger partial charge in [-0.15, -0.1) is 0 Å². The number of methoxy groups -OCH3 is 2. The first-order valence-electron chi connectivity index (χ1n) is 15.2. The smallest absolute Gasteiger partial charge is 0.407 e. The Labute approximate surface area is 264 Å². The van der Waals surface area contributed by atoms with E-state index in [1.165, 1.54) is 14.2 Å². The van der Waals surface area contributed by atoms with E-state index in [1.54, 1.807) is 16.0 Å². The number of rotatable bonds is 8. The number of fused-ring (bicyclic) bond motifs is 1. The molecule has 0 radical (unpaired) electrons. The highest BCUT2D eigenvalue weighted by Crippen LogP contribution is 2.34. The Kier molecular flexibility index (Phi) is 8.85. The van der Waals surface area contributed by atoms with Gasteiger partial charge < -0.3 is 39.9 Å². The van der Waals surface area contributed by atoms with Gasteiger partial charge in [-0.1, -0.05) is 30.3 Å². The number of alkyl carbamates (subject to hydrolysis) is 2. The van der Waals surface area contributed by atoms with Crippen LogP contribution in [-0.4, -0.2) is 94.1 Å². The van der Waals surface area contributed by atoms with Crippen molar-refractivity contribution >= 4 is 35.0 Å². The van der Waals surface area contributed by atoms with Crippen molar-refractivity contribution in [1.29, 1.82) is 0 Å². The van der Waals surface area contributed by atoms with Gasteiger partial charge in [-0.3, -0.25) is 9.59 Å². The van der Waals surface area contributed by atoms with E-state index >= 15 is 0 Å². The SMILES string of the molecule is COC(=O)NCC(=O)N1CCC[C@H]1c1ncc(-c2ccc(-c3ccc4nc([C@@H]5CCCN5C(=O)CNC(=O)OC)[nH]c4c3)cc2)[nH]1. The summed E-state index contributed by atoms with van der Waals surface area (Å²) in [7, 11) is 2.52. The van der Waals surface area contributed by atoms with Gasteiger partial charge in [-0.05, 0) is 54.5 Å². The van der Waals surface area contributed by atoms with Gasteiger partial charge in [0.2, 0.25) is 11.8 Å². The monoisotopic (exact) mass is 628 g/mol. The predicted molar refractivity (Wildman–Crippen MR) is 167 cm³/mol. The molecule has 2 saturated heterocycles. The molecule has 0 aliphatic carbocycles. The van der Waals surface area contributed by atoms with Crippen LogP contribution in [-0.2, 0) is 19.1 Å². The summed E-state index contributed by atoms with van der Waals surface area (Å²) in [4.78, 5) is 67.9. The number of imidazole rings is 2. The zero-order chi connectivity index (χ0) is 32.2. The van der Waals surface area contributed by atoms with Gasteiger partial charge in [0.15, 0.2) is 0 Å². The summed E-state index contributed by atoms with van der Waals surface area (Å²) in [6.45, 7) is 0.951. The van der Waals surface area contributed by atoms with Crippen molar-refractivity contribution in [2.75, 3.05) is 40.4 Å². The van der Waals surface area contributed by atoms with Crippen molar-refractivity contribution in [3.05, 3.63) is 60.3 Å². The van der Waals surface area contributed by atoms with Crippen molar-refractivity contribution in [1.82, 2.24) is 40.4 Å². The fourth-order valence-corrected chi connectivity index (χ4v) is 6.20. The van der Waals surface area contributed by atoms with Gasteiger partial charge in [-0.25, -0.2) is 19.6 Å². The van der Waals surface area contributed by atoms with Crippen LogP contribution < -0.4 is 10.6 Å². The summed E-state index contributed by atoms with van der Waals surface area (Å²) < 4.78 is 9.13. The second kappa shape index (κ2) is 13.3. The normalized spacial score (nSPS) is 17.7. The molecule has 2 atom stereocenters. The molecule has 4 aromatic rings. The van der Waals surface area contributed by atoms with Gasteiger partial charge in [0, 0.05) is 13.1 Å². The minimum absolute atomic E-state index is 0.126. The number of benzene rings is 2. The van der Waals surface area contributed by atoms with Crippen LogP contribution in [0.1, 0.15) is 49.4 Å². The van der Waals surface area contributed by atoms with E-state index in [0.717, 1.165) is 64.9 Å². The molecule has 240 valence electrons. The van der Waals surface area contributed by atoms with Crippen LogP contribution in [0.25, 0.3) is 33.4 Å². The molecule has 2 fully saturated rings. The van der Waals surface area contributed by atoms with Crippen molar-refractivity contribution in [3.63, 3.8) is 0 Å². The van der Waals surface area contributed by atoms with Crippen LogP contribution in [0, 0.1) is 0 Å². The topological polar surface area (TPSA) is 175 Å². The highest BCUT2D eigenvalue weighted by atomic mass is 16.5. The van der Waals surface area contributed by atoms with Crippen molar-refractivity contribution in [3.8, 4) is 22.4 Å². The number of hydrogen-bond donors (Lipinski definition) is 4. The van der Waals surface area contributed by atoms with Gasteiger partial charge in [0.25, 0.3) is 0 Å². The van der Waals surface area contributed by atoms with Gasteiger partial charge >= 0.3 is 12.2 Å². The van der Waals surface area contributed by atoms with Gasteiger partial charge in [0.05, 0.1) is 49.2 Å². The second-order valence-electron chi connectivity index (χ2n) is 11.3. The lowest BCUT2D eigenvalue weighted by molar-refractivity contribution is -0.132. The van der Waals surface area contributed by atoms with Crippen LogP contribution in [0.15, 0.2) is 48.7 Å². The second-order valence-corrected chi connectivity index (χ2v) is 11.3. The number of nitrogens with one attached hydrogen (secondary N) is 4. The lowest BCUT2D eigenvalue weighted by Crippen LogP contribution is -2.40. The minimum Gasteiger partial charge on any atom is -0.453 e. The molecule has 14 nitrogen and oxygen atoms in total. The number of likely N-dealkylation sites (tertiary alicyclic amines) is 2. The van der Waals surface area contributed by atoms with Gasteiger partial charge in [0.1, 0.15) is 24.7 Å². The van der Waals surface area contributed by atoms with E-state index in [1.807, 2.05) is 36.4 Å². The van der Waals surface area contributed by atoms with E-state index in [2.05, 4.69) is 41.1 Å². The number of aromatic nitrogens is 4. The van der Waals surface area contributed by atoms with Crippen molar-refractivity contribution in [2.24, 2.45) is 0 Å². The average molecular weight is 629 g/mol. The van der Waals surface area contributed by atoms with Crippen LogP contribution >= 0.6 is 0 Å². The Bertz CT molecular complexity index is 1750. The van der Waals surface area contributed by atoms with Gasteiger partial charge in [-0.2, -0.15) is 0 Å². The molecule has 0 spiro atoms. The molecule has 0 unspecified atom stereocenters. The largest absolute Gasteiger partial charge is 0.453 e. The van der Waals surface area contributed by atoms with E-state index in [9.17, 15) is 19.2 Å². The summed E-state index contributed by atoms with van der Waals surface area (Å²) in [5.41, 5.74) is 5.54. The molecule has 46 heavy (non-hydrogen) atoms. The fraction of sp³-hybridized carbons (Fsp3) is 0.375. The van der Waals surface area contributed by atoms with E-state index in [0.29, 0.717) is 18.9 Å². The standard InChI is InChI=1S/C32H36N8O6/c1-45-31(43)34-17-27(41)39-13-3-5-25(39)29-33-16-24(38-29)20-9-7-19(8-10-20)21-11-12-22-23(15-21)37-30(36-22)26-6-4-14-40(26)28(42)18-35-32(44)46-2/h7-12,15-16,25-26H,3-6,13-14,17-18H2,1-2H3,(H,33,38)(H,34,43)(H,35,44)(H,36,37)/t25-,26-/m0/s1. The van der Waals surface area contributed by atoms with Crippen LogP contribution in [0.4, 0.5) is 9.59 Å². The highest BCUT2D eigenvalue weighted by Gasteiger charge is 2.33. The number of ether oxygens (including phenoxy) is 2. The maximum atomic E-state index is 12.8. The number of amides is 4. The average Bonchev–Trinajstić information content (AvgIpc) is 3.90. The van der Waals surface area contributed by atoms with Crippen LogP contribution in [0.2, 0.25) is 0 Å². The quantitative estimate of drug-likeness (QED) is 0.229. The number of aromatic amines is 2. The van der Waals surface area contributed by atoms with Crippen LogP contribution in [0.5, 0.6) is 0 Å². The molecule has 4 amide bonds. The first-order chi connectivity index (χ1) is 22.3. The first-order valence-corrected chi connectivity index (χ1v) is 15.2. The molecule has 6 rings (SSSR count). The Morgan fingerprint density at radius 2 is 1.35 bits per heavy atom. The van der Waals surface area contributed by atoms with E-state index < -0.39 is 12.2 Å². The molecule has 4 N–H and O–H groups in total. The molecule has 2 aromatic heterocycles. The third-order valence-electron chi connectivity index (χ3n) is 8.54. The Morgan fingerprint density at radius 3 is 1.96 bits per heavy atom. The zero-order valence-corrected chi connectivity index (χ0v) is 25.7. The summed E-state index contributed by atoms with van der Waals surface area (Å²) in [5, 5.41) is 4.91. The molecule has 0 saturated carbocycles. The number of hydrogen-bond acceptors (Lipinski definition) is 8. The molecular weight excluding hydrogens is 592 g/mol. The molecule has 0 bridgehead atoms.